The van der Waals surface area contributed by atoms with E-state index in [0.717, 1.165) is 12.3 Å². The van der Waals surface area contributed by atoms with E-state index in [-0.39, 0.29) is 6.04 Å². The normalized spacial score (nSPS) is 19.8. The molecule has 0 bridgehead atoms. The van der Waals surface area contributed by atoms with Gasteiger partial charge in [0.15, 0.2) is 0 Å². The van der Waals surface area contributed by atoms with Crippen molar-refractivity contribution in [2.24, 2.45) is 11.7 Å². The van der Waals surface area contributed by atoms with Crippen molar-refractivity contribution in [3.63, 3.8) is 0 Å². The molecule has 1 heterocycles. The van der Waals surface area contributed by atoms with Gasteiger partial charge in [0, 0.05) is 5.92 Å². The van der Waals surface area contributed by atoms with Gasteiger partial charge in [-0.05, 0) is 25.2 Å². The second-order valence-corrected chi connectivity index (χ2v) is 5.55. The Morgan fingerprint density at radius 2 is 1.94 bits per heavy atom. The lowest BCUT2D eigenvalue weighted by atomic mass is 9.89. The topological polar surface area (TPSA) is 64.9 Å². The van der Waals surface area contributed by atoms with Crippen molar-refractivity contribution in [2.75, 3.05) is 0 Å². The van der Waals surface area contributed by atoms with Gasteiger partial charge < -0.3 is 10.2 Å². The van der Waals surface area contributed by atoms with Gasteiger partial charge in [-0.15, -0.1) is 10.2 Å². The third-order valence-corrected chi connectivity index (χ3v) is 3.45. The fourth-order valence-corrected chi connectivity index (χ4v) is 2.52. The van der Waals surface area contributed by atoms with Crippen molar-refractivity contribution < 1.29 is 4.42 Å². The van der Waals surface area contributed by atoms with Gasteiger partial charge in [0.25, 0.3) is 0 Å². The van der Waals surface area contributed by atoms with Gasteiger partial charge in [0.05, 0.1) is 6.04 Å². The fraction of sp³-hybridized carbons (Fsp3) is 0.846. The summed E-state index contributed by atoms with van der Waals surface area (Å²) in [5, 5.41) is 8.27. The lowest BCUT2D eigenvalue weighted by molar-refractivity contribution is 0.332. The molecule has 2 rings (SSSR count). The van der Waals surface area contributed by atoms with Crippen LogP contribution in [-0.2, 0) is 0 Å². The summed E-state index contributed by atoms with van der Waals surface area (Å²) in [4.78, 5) is 0. The molecule has 1 unspecified atom stereocenters. The van der Waals surface area contributed by atoms with E-state index in [2.05, 4.69) is 24.0 Å². The van der Waals surface area contributed by atoms with Crippen LogP contribution in [0.1, 0.15) is 76.1 Å². The van der Waals surface area contributed by atoms with Crippen LogP contribution in [0.25, 0.3) is 0 Å². The smallest absolute Gasteiger partial charge is 0.233 e. The summed E-state index contributed by atoms with van der Waals surface area (Å²) in [6.07, 6.45) is 7.15. The Morgan fingerprint density at radius 3 is 2.59 bits per heavy atom. The summed E-state index contributed by atoms with van der Waals surface area (Å²) in [7, 11) is 0. The minimum atomic E-state index is -0.111. The Labute approximate surface area is 103 Å². The monoisotopic (exact) mass is 237 g/mol. The molecule has 0 aliphatic heterocycles. The second-order valence-electron chi connectivity index (χ2n) is 5.55. The molecule has 0 amide bonds. The van der Waals surface area contributed by atoms with Crippen LogP contribution >= 0.6 is 0 Å². The molecule has 1 aromatic heterocycles. The molecule has 1 aliphatic rings. The lowest BCUT2D eigenvalue weighted by Gasteiger charge is -2.17. The summed E-state index contributed by atoms with van der Waals surface area (Å²) in [5.74, 6) is 2.43. The maximum atomic E-state index is 6.04. The van der Waals surface area contributed by atoms with Gasteiger partial charge in [-0.25, -0.2) is 0 Å². The van der Waals surface area contributed by atoms with Crippen molar-refractivity contribution >= 4 is 0 Å². The largest absolute Gasteiger partial charge is 0.423 e. The van der Waals surface area contributed by atoms with Crippen LogP contribution in [0.5, 0.6) is 0 Å². The Balaban J connectivity index is 1.99. The highest BCUT2D eigenvalue weighted by atomic mass is 16.4. The number of rotatable bonds is 4. The molecule has 2 N–H and O–H groups in total. The van der Waals surface area contributed by atoms with E-state index in [9.17, 15) is 0 Å². The van der Waals surface area contributed by atoms with Gasteiger partial charge in [-0.1, -0.05) is 33.1 Å². The molecule has 96 valence electrons. The van der Waals surface area contributed by atoms with Gasteiger partial charge in [-0.2, -0.15) is 0 Å². The highest BCUT2D eigenvalue weighted by molar-refractivity contribution is 4.95. The highest BCUT2D eigenvalue weighted by Gasteiger charge is 2.23. The van der Waals surface area contributed by atoms with Crippen molar-refractivity contribution in [2.45, 2.75) is 64.3 Å². The van der Waals surface area contributed by atoms with Crippen LogP contribution in [0.3, 0.4) is 0 Å². The minimum Gasteiger partial charge on any atom is -0.423 e. The van der Waals surface area contributed by atoms with E-state index in [4.69, 9.17) is 10.2 Å². The van der Waals surface area contributed by atoms with E-state index in [1.54, 1.807) is 0 Å². The molecule has 1 atom stereocenters. The molecule has 0 spiro atoms. The number of nitrogens with two attached hydrogens (primary N) is 1. The zero-order chi connectivity index (χ0) is 12.3. The first kappa shape index (κ1) is 12.6. The van der Waals surface area contributed by atoms with Gasteiger partial charge in [0.1, 0.15) is 0 Å². The van der Waals surface area contributed by atoms with Crippen LogP contribution in [0.15, 0.2) is 4.42 Å². The zero-order valence-corrected chi connectivity index (χ0v) is 10.9. The lowest BCUT2D eigenvalue weighted by Crippen LogP contribution is -2.13. The number of hydrogen-bond donors (Lipinski definition) is 1. The summed E-state index contributed by atoms with van der Waals surface area (Å²) < 4.78 is 5.74. The van der Waals surface area contributed by atoms with E-state index in [1.807, 2.05) is 0 Å². The zero-order valence-electron chi connectivity index (χ0n) is 10.9. The third-order valence-electron chi connectivity index (χ3n) is 3.45. The average molecular weight is 237 g/mol. The molecule has 1 aromatic rings. The summed E-state index contributed by atoms with van der Waals surface area (Å²) in [6, 6.07) is -0.111. The summed E-state index contributed by atoms with van der Waals surface area (Å²) in [5.41, 5.74) is 6.04. The van der Waals surface area contributed by atoms with Gasteiger partial charge in [0.2, 0.25) is 11.8 Å². The van der Waals surface area contributed by atoms with Crippen molar-refractivity contribution in [3.8, 4) is 0 Å². The van der Waals surface area contributed by atoms with Crippen LogP contribution in [0.4, 0.5) is 0 Å². The van der Waals surface area contributed by atoms with Crippen LogP contribution in [0, 0.1) is 5.92 Å². The maximum absolute atomic E-state index is 6.04. The van der Waals surface area contributed by atoms with E-state index >= 15 is 0 Å². The number of aromatic nitrogens is 2. The van der Waals surface area contributed by atoms with Gasteiger partial charge in [-0.3, -0.25) is 0 Å². The number of hydrogen-bond acceptors (Lipinski definition) is 4. The molecule has 1 saturated carbocycles. The fourth-order valence-electron chi connectivity index (χ4n) is 2.52. The van der Waals surface area contributed by atoms with Crippen LogP contribution in [-0.4, -0.2) is 10.2 Å². The Kier molecular flexibility index (Phi) is 4.15. The molecule has 1 aliphatic carbocycles. The third kappa shape index (κ3) is 3.28. The van der Waals surface area contributed by atoms with Crippen molar-refractivity contribution in [3.05, 3.63) is 11.8 Å². The SMILES string of the molecule is CC(C)CC(N)c1nnc(C2CCCCC2)o1. The molecule has 0 aromatic carbocycles. The molecule has 1 fully saturated rings. The van der Waals surface area contributed by atoms with Gasteiger partial charge >= 0.3 is 0 Å². The van der Waals surface area contributed by atoms with E-state index < -0.39 is 0 Å². The highest BCUT2D eigenvalue weighted by Crippen LogP contribution is 2.32. The molecular formula is C13H23N3O. The van der Waals surface area contributed by atoms with E-state index in [1.165, 1.54) is 32.1 Å². The second kappa shape index (κ2) is 5.63. The average Bonchev–Trinajstić information content (AvgIpc) is 2.78. The predicted octanol–water partition coefficient (Wildman–Crippen LogP) is 3.16. The minimum absolute atomic E-state index is 0.111. The molecule has 0 radical (unpaired) electrons. The quantitative estimate of drug-likeness (QED) is 0.873. The number of nitrogens with zero attached hydrogens (tertiary/aromatic N) is 2. The first-order valence-corrected chi connectivity index (χ1v) is 6.75. The molecule has 0 saturated heterocycles. The molecule has 4 heteroatoms. The Bertz CT molecular complexity index is 342. The van der Waals surface area contributed by atoms with Crippen LogP contribution < -0.4 is 5.73 Å². The van der Waals surface area contributed by atoms with E-state index in [0.29, 0.717) is 17.7 Å². The molecule has 4 nitrogen and oxygen atoms in total. The Morgan fingerprint density at radius 1 is 1.24 bits per heavy atom. The molecule has 17 heavy (non-hydrogen) atoms. The molecular weight excluding hydrogens is 214 g/mol. The maximum Gasteiger partial charge on any atom is 0.233 e. The predicted molar refractivity (Wildman–Crippen MR) is 66.5 cm³/mol. The summed E-state index contributed by atoms with van der Waals surface area (Å²) in [6.45, 7) is 4.30. The Hall–Kier alpha value is -0.900. The standard InChI is InChI=1S/C13H23N3O/c1-9(2)8-11(14)13-16-15-12(17-13)10-6-4-3-5-7-10/h9-11H,3-8,14H2,1-2H3. The van der Waals surface area contributed by atoms with Crippen molar-refractivity contribution in [1.82, 2.24) is 10.2 Å². The van der Waals surface area contributed by atoms with Crippen molar-refractivity contribution in [1.29, 1.82) is 0 Å². The van der Waals surface area contributed by atoms with Crippen LogP contribution in [0.2, 0.25) is 0 Å². The summed E-state index contributed by atoms with van der Waals surface area (Å²) >= 11 is 0. The first-order valence-electron chi connectivity index (χ1n) is 6.75. The first-order chi connectivity index (χ1) is 8.16.